The van der Waals surface area contributed by atoms with Gasteiger partial charge < -0.3 is 14.2 Å². The highest BCUT2D eigenvalue weighted by atomic mass is 16.5. The zero-order valence-corrected chi connectivity index (χ0v) is 20.7. The number of esters is 2. The van der Waals surface area contributed by atoms with E-state index in [1.807, 2.05) is 6.92 Å². The highest BCUT2D eigenvalue weighted by Crippen LogP contribution is 2.49. The highest BCUT2D eigenvalue weighted by molar-refractivity contribution is 5.75. The summed E-state index contributed by atoms with van der Waals surface area (Å²) in [6, 6.07) is 4.37. The van der Waals surface area contributed by atoms with Crippen molar-refractivity contribution in [1.82, 2.24) is 0 Å². The molecule has 1 aromatic rings. The van der Waals surface area contributed by atoms with Crippen LogP contribution >= 0.6 is 0 Å². The van der Waals surface area contributed by atoms with Gasteiger partial charge in [0.1, 0.15) is 5.75 Å². The lowest BCUT2D eigenvalue weighted by Crippen LogP contribution is -2.36. The molecule has 1 aromatic carbocycles. The number of hydrogen-bond acceptors (Lipinski definition) is 7. The van der Waals surface area contributed by atoms with Gasteiger partial charge in [0.15, 0.2) is 0 Å². The molecule has 0 saturated carbocycles. The molecule has 0 fully saturated rings. The van der Waals surface area contributed by atoms with Gasteiger partial charge in [-0.3, -0.25) is 9.59 Å². The van der Waals surface area contributed by atoms with E-state index in [0.29, 0.717) is 6.61 Å². The molecule has 0 aliphatic carbocycles. The minimum atomic E-state index is -0.402. The normalized spacial score (nSPS) is 18.7. The first-order valence-electron chi connectivity index (χ1n) is 10.7. The minimum Gasteiger partial charge on any atom is -0.493 e. The van der Waals surface area contributed by atoms with Crippen LogP contribution in [0.4, 0.5) is 0 Å². The summed E-state index contributed by atoms with van der Waals surface area (Å²) >= 11 is 0. The van der Waals surface area contributed by atoms with Gasteiger partial charge >= 0.3 is 18.1 Å². The predicted octanol–water partition coefficient (Wildman–Crippen LogP) is 4.16. The van der Waals surface area contributed by atoms with Crippen LogP contribution in [0, 0.1) is 11.8 Å². The Morgan fingerprint density at radius 3 is 2.06 bits per heavy atom. The summed E-state index contributed by atoms with van der Waals surface area (Å²) < 4.78 is 16.2. The van der Waals surface area contributed by atoms with Gasteiger partial charge in [-0.2, -0.15) is 9.59 Å². The molecule has 1 heterocycles. The van der Waals surface area contributed by atoms with E-state index < -0.39 is 5.92 Å². The lowest BCUT2D eigenvalue weighted by Gasteiger charge is -2.39. The van der Waals surface area contributed by atoms with Crippen molar-refractivity contribution >= 4 is 18.1 Å². The van der Waals surface area contributed by atoms with Crippen molar-refractivity contribution in [1.29, 1.82) is 0 Å². The van der Waals surface area contributed by atoms with Crippen molar-refractivity contribution in [3.05, 3.63) is 28.8 Å². The molecule has 0 bridgehead atoms. The smallest absolute Gasteiger partial charge is 0.373 e. The molecule has 1 aliphatic heterocycles. The number of hydrogen-bond donors (Lipinski definition) is 0. The second-order valence-electron chi connectivity index (χ2n) is 10.2. The molecule has 32 heavy (non-hydrogen) atoms. The third-order valence-corrected chi connectivity index (χ3v) is 5.87. The van der Waals surface area contributed by atoms with Gasteiger partial charge in [0.25, 0.3) is 0 Å². The second-order valence-corrected chi connectivity index (χ2v) is 10.2. The molecule has 1 aliphatic rings. The van der Waals surface area contributed by atoms with Crippen molar-refractivity contribution in [2.75, 3.05) is 20.8 Å². The molecule has 178 valence electrons. The van der Waals surface area contributed by atoms with Crippen LogP contribution in [0.5, 0.6) is 5.75 Å². The quantitative estimate of drug-likeness (QED) is 0.638. The minimum absolute atomic E-state index is 0.0661. The van der Waals surface area contributed by atoms with Gasteiger partial charge in [-0.05, 0) is 22.0 Å². The maximum Gasteiger partial charge on any atom is 0.373 e. The van der Waals surface area contributed by atoms with Gasteiger partial charge in [0.2, 0.25) is 0 Å². The molecule has 0 radical (unpaired) electrons. The number of fused-ring (bicyclic) bond motifs is 1. The summed E-state index contributed by atoms with van der Waals surface area (Å²) in [6.45, 7) is 15.3. The molecular weight excluding hydrogens is 412 g/mol. The van der Waals surface area contributed by atoms with Gasteiger partial charge in [-0.1, -0.05) is 60.6 Å². The average Bonchev–Trinajstić information content (AvgIpc) is 2.70. The molecule has 3 unspecified atom stereocenters. The highest BCUT2D eigenvalue weighted by Gasteiger charge is 2.42. The number of carbonyl (C=O) groups excluding carboxylic acids is 4. The van der Waals surface area contributed by atoms with Crippen LogP contribution in [0.1, 0.15) is 77.5 Å². The van der Waals surface area contributed by atoms with Crippen molar-refractivity contribution in [3.63, 3.8) is 0 Å². The van der Waals surface area contributed by atoms with Crippen molar-refractivity contribution in [2.24, 2.45) is 11.8 Å². The third-order valence-electron chi connectivity index (χ3n) is 5.87. The Labute approximate surface area is 190 Å². The maximum atomic E-state index is 12.5. The first-order chi connectivity index (χ1) is 14.7. The molecule has 3 atom stereocenters. The molecule has 0 saturated heterocycles. The Bertz CT molecular complexity index is 852. The fourth-order valence-corrected chi connectivity index (χ4v) is 4.09. The molecule has 0 aromatic heterocycles. The van der Waals surface area contributed by atoms with Crippen LogP contribution in [-0.2, 0) is 39.5 Å². The summed E-state index contributed by atoms with van der Waals surface area (Å²) in [4.78, 5) is 40.8. The Morgan fingerprint density at radius 1 is 1.06 bits per heavy atom. The van der Waals surface area contributed by atoms with Crippen molar-refractivity contribution in [2.45, 2.75) is 71.6 Å². The molecule has 7 heteroatoms. The van der Waals surface area contributed by atoms with E-state index in [1.54, 1.807) is 0 Å². The average molecular weight is 449 g/mol. The van der Waals surface area contributed by atoms with E-state index >= 15 is 0 Å². The topological polar surface area (TPSA) is 96.0 Å². The predicted molar refractivity (Wildman–Crippen MR) is 118 cm³/mol. The SMILES string of the molecule is COC(=O)CC1COc2c(cc(C(C)(C)C)cc2C(C)(C)C)C1C(C)C(=O)OC.O=C=O. The molecular formula is C25H36O7. The maximum absolute atomic E-state index is 12.5. The zero-order valence-electron chi connectivity index (χ0n) is 20.7. The Balaban J connectivity index is 0.00000161. The first kappa shape index (κ1) is 27.4. The fraction of sp³-hybridized carbons (Fsp3) is 0.640. The third kappa shape index (κ3) is 6.42. The van der Waals surface area contributed by atoms with Gasteiger partial charge in [-0.15, -0.1) is 0 Å². The second kappa shape index (κ2) is 10.8. The molecule has 7 nitrogen and oxygen atoms in total. The van der Waals surface area contributed by atoms with E-state index in [9.17, 15) is 9.59 Å². The number of benzene rings is 1. The van der Waals surface area contributed by atoms with Crippen LogP contribution in [-0.4, -0.2) is 38.9 Å². The van der Waals surface area contributed by atoms with Gasteiger partial charge in [-0.25, -0.2) is 0 Å². The summed E-state index contributed by atoms with van der Waals surface area (Å²) in [5.41, 5.74) is 3.10. The van der Waals surface area contributed by atoms with Crippen LogP contribution in [0.2, 0.25) is 0 Å². The molecule has 0 spiro atoms. The Morgan fingerprint density at radius 2 is 1.62 bits per heavy atom. The van der Waals surface area contributed by atoms with Crippen LogP contribution < -0.4 is 4.74 Å². The van der Waals surface area contributed by atoms with E-state index in [0.717, 1.165) is 16.9 Å². The number of rotatable bonds is 4. The Hall–Kier alpha value is -2.66. The van der Waals surface area contributed by atoms with Crippen LogP contribution in [0.3, 0.4) is 0 Å². The monoisotopic (exact) mass is 448 g/mol. The van der Waals surface area contributed by atoms with E-state index in [4.69, 9.17) is 23.8 Å². The van der Waals surface area contributed by atoms with E-state index in [1.165, 1.54) is 19.8 Å². The summed E-state index contributed by atoms with van der Waals surface area (Å²) in [5.74, 6) is -0.489. The zero-order chi connectivity index (χ0) is 24.9. The Kier molecular flexibility index (Phi) is 9.22. The lowest BCUT2D eigenvalue weighted by molar-refractivity contribution is -0.191. The van der Waals surface area contributed by atoms with Crippen molar-refractivity contribution in [3.8, 4) is 5.75 Å². The summed E-state index contributed by atoms with van der Waals surface area (Å²) in [6.07, 6.45) is 0.451. The number of carbonyl (C=O) groups is 2. The summed E-state index contributed by atoms with van der Waals surface area (Å²) in [7, 11) is 2.79. The number of ether oxygens (including phenoxy) is 3. The molecule has 2 rings (SSSR count). The standard InChI is InChI=1S/C24H36O5.CO2/c1-14(22(26)28-9)20-15(10-19(25)27-8)13-29-21-17(20)11-16(23(2,3)4)12-18(21)24(5,6)7;2-1-3/h11-12,14-15,20H,10,13H2,1-9H3;. The van der Waals surface area contributed by atoms with Crippen LogP contribution in [0.25, 0.3) is 0 Å². The van der Waals surface area contributed by atoms with Gasteiger partial charge in [0, 0.05) is 17.4 Å². The first-order valence-corrected chi connectivity index (χ1v) is 10.7. The van der Waals surface area contributed by atoms with Gasteiger partial charge in [0.05, 0.1) is 33.2 Å². The fourth-order valence-electron chi connectivity index (χ4n) is 4.09. The van der Waals surface area contributed by atoms with E-state index in [-0.39, 0.29) is 47.2 Å². The molecule has 0 N–H and O–H groups in total. The molecule has 0 amide bonds. The number of methoxy groups -OCH3 is 2. The summed E-state index contributed by atoms with van der Waals surface area (Å²) in [5, 5.41) is 0. The lowest BCUT2D eigenvalue weighted by atomic mass is 9.70. The largest absolute Gasteiger partial charge is 0.493 e. The van der Waals surface area contributed by atoms with E-state index in [2.05, 4.69) is 53.7 Å². The van der Waals surface area contributed by atoms with Crippen LogP contribution in [0.15, 0.2) is 12.1 Å². The van der Waals surface area contributed by atoms with Crippen molar-refractivity contribution < 1.29 is 33.4 Å².